The number of fused-ring (bicyclic) bond motifs is 6. The highest BCUT2D eigenvalue weighted by Gasteiger charge is 2.64. The maximum atomic E-state index is 13.1. The molecule has 4 unspecified atom stereocenters. The molecule has 4 saturated carbocycles. The summed E-state index contributed by atoms with van der Waals surface area (Å²) >= 11 is 0. The Hall–Kier alpha value is -1.72. The van der Waals surface area contributed by atoms with Gasteiger partial charge in [-0.1, -0.05) is 84.2 Å². The first-order valence-corrected chi connectivity index (χ1v) is 19.5. The van der Waals surface area contributed by atoms with E-state index in [1.807, 2.05) is 30.3 Å². The molecular formula is C39H56O4S. The van der Waals surface area contributed by atoms with Crippen LogP contribution in [0.3, 0.4) is 0 Å². The summed E-state index contributed by atoms with van der Waals surface area (Å²) in [6.45, 7) is 12.2. The lowest BCUT2D eigenvalue weighted by Gasteiger charge is -2.65. The number of carbonyl (C=O) groups excluding carboxylic acids is 1. The summed E-state index contributed by atoms with van der Waals surface area (Å²) in [4.78, 5) is 13.1. The van der Waals surface area contributed by atoms with Gasteiger partial charge in [-0.2, -0.15) is 0 Å². The molecule has 0 radical (unpaired) electrons. The summed E-state index contributed by atoms with van der Waals surface area (Å²) in [5, 5.41) is 13.9. The highest BCUT2D eigenvalue weighted by atomic mass is 32.2. The molecule has 4 nitrogen and oxygen atoms in total. The van der Waals surface area contributed by atoms with Crippen LogP contribution in [0.2, 0.25) is 0 Å². The van der Waals surface area contributed by atoms with Crippen LogP contribution in [0, 0.1) is 58.2 Å². The van der Waals surface area contributed by atoms with Crippen LogP contribution in [-0.2, 0) is 14.6 Å². The van der Waals surface area contributed by atoms with Crippen molar-refractivity contribution in [3.05, 3.63) is 42.5 Å². The maximum Gasteiger partial charge on any atom is 0.185 e. The van der Waals surface area contributed by atoms with E-state index < -0.39 is 15.6 Å². The van der Waals surface area contributed by atoms with Gasteiger partial charge in [0.05, 0.1) is 11.0 Å². The van der Waals surface area contributed by atoms with Crippen LogP contribution in [0.4, 0.5) is 0 Å². The van der Waals surface area contributed by atoms with Crippen molar-refractivity contribution in [2.75, 3.05) is 5.75 Å². The second-order valence-corrected chi connectivity index (χ2v) is 18.2. The van der Waals surface area contributed by atoms with E-state index in [1.165, 1.54) is 44.9 Å². The van der Waals surface area contributed by atoms with Crippen molar-refractivity contribution in [2.24, 2.45) is 58.2 Å². The molecule has 11 atom stereocenters. The number of hydrogen-bond donors (Lipinski definition) is 1. The zero-order chi connectivity index (χ0) is 31.4. The van der Waals surface area contributed by atoms with E-state index in [9.17, 15) is 18.3 Å². The van der Waals surface area contributed by atoms with Gasteiger partial charge >= 0.3 is 0 Å². The summed E-state index contributed by atoms with van der Waals surface area (Å²) in [6.07, 6.45) is 11.9. The molecule has 6 rings (SSSR count). The van der Waals surface area contributed by atoms with Gasteiger partial charge in [0, 0.05) is 6.42 Å². The minimum Gasteiger partial charge on any atom is -0.393 e. The third-order valence-electron chi connectivity index (χ3n) is 14.0. The van der Waals surface area contributed by atoms with E-state index in [-0.39, 0.29) is 22.2 Å². The van der Waals surface area contributed by atoms with Gasteiger partial charge in [-0.3, -0.25) is 4.79 Å². The van der Waals surface area contributed by atoms with Crippen molar-refractivity contribution in [3.63, 3.8) is 0 Å². The van der Waals surface area contributed by atoms with Gasteiger partial charge < -0.3 is 5.11 Å². The van der Waals surface area contributed by atoms with Gasteiger partial charge in [0.2, 0.25) is 0 Å². The van der Waals surface area contributed by atoms with Crippen LogP contribution >= 0.6 is 0 Å². The fourth-order valence-electron chi connectivity index (χ4n) is 11.7. The predicted octanol–water partition coefficient (Wildman–Crippen LogP) is 8.89. The number of aliphatic hydroxyl groups is 1. The molecule has 0 heterocycles. The molecule has 1 N–H and O–H groups in total. The number of aliphatic hydroxyl groups excluding tert-OH is 1. The molecule has 0 aromatic heterocycles. The number of rotatable bonds is 9. The number of benzene rings is 2. The van der Waals surface area contributed by atoms with E-state index in [4.69, 9.17) is 0 Å². The molecule has 4 aliphatic rings. The number of ketones is 1. The zero-order valence-electron chi connectivity index (χ0n) is 27.8. The highest BCUT2D eigenvalue weighted by Crippen LogP contribution is 2.69. The lowest BCUT2D eigenvalue weighted by atomic mass is 9.41. The fourth-order valence-corrected chi connectivity index (χ4v) is 13.0. The van der Waals surface area contributed by atoms with E-state index in [1.54, 1.807) is 12.1 Å². The zero-order valence-corrected chi connectivity index (χ0v) is 28.6. The normalized spacial score (nSPS) is 39.3. The third-order valence-corrected chi connectivity index (χ3v) is 15.7. The Morgan fingerprint density at radius 3 is 2.41 bits per heavy atom. The molecule has 4 fully saturated rings. The SMILES string of the molecule is CC[C@@H]1C2C[C@H](C)CCC2(C)[C@H]2CCC3(C)C([C@H](C)CCCC(=O)CS(=O)(=O)c4ccc5ccccc5c4)CC[C@H]3[C@@H]2[C@@H]1O. The Morgan fingerprint density at radius 2 is 1.66 bits per heavy atom. The van der Waals surface area contributed by atoms with Crippen LogP contribution in [0.1, 0.15) is 105 Å². The van der Waals surface area contributed by atoms with E-state index >= 15 is 0 Å². The van der Waals surface area contributed by atoms with Gasteiger partial charge in [-0.05, 0) is 126 Å². The van der Waals surface area contributed by atoms with Gasteiger partial charge in [-0.25, -0.2) is 8.42 Å². The number of hydrogen-bond acceptors (Lipinski definition) is 4. The monoisotopic (exact) mass is 620 g/mol. The Morgan fingerprint density at radius 1 is 0.955 bits per heavy atom. The Kier molecular flexibility index (Phi) is 8.89. The molecule has 5 heteroatoms. The second-order valence-electron chi connectivity index (χ2n) is 16.2. The van der Waals surface area contributed by atoms with Crippen molar-refractivity contribution in [1.29, 1.82) is 0 Å². The molecule has 2 aromatic carbocycles. The molecular weight excluding hydrogens is 564 g/mol. The minimum atomic E-state index is -3.66. The summed E-state index contributed by atoms with van der Waals surface area (Å²) in [5.41, 5.74) is 0.615. The molecule has 0 saturated heterocycles. The van der Waals surface area contributed by atoms with Gasteiger partial charge in [0.15, 0.2) is 9.84 Å². The van der Waals surface area contributed by atoms with Crippen molar-refractivity contribution in [2.45, 2.75) is 116 Å². The van der Waals surface area contributed by atoms with E-state index in [2.05, 4.69) is 34.6 Å². The molecule has 44 heavy (non-hydrogen) atoms. The molecule has 242 valence electrons. The second kappa shape index (κ2) is 12.1. The van der Waals surface area contributed by atoms with Crippen LogP contribution in [0.5, 0.6) is 0 Å². The van der Waals surface area contributed by atoms with Gasteiger partial charge in [-0.15, -0.1) is 0 Å². The van der Waals surface area contributed by atoms with Crippen LogP contribution in [0.25, 0.3) is 10.8 Å². The third kappa shape index (κ3) is 5.50. The van der Waals surface area contributed by atoms with Crippen molar-refractivity contribution < 1.29 is 18.3 Å². The van der Waals surface area contributed by atoms with Crippen molar-refractivity contribution in [1.82, 2.24) is 0 Å². The highest BCUT2D eigenvalue weighted by molar-refractivity contribution is 7.92. The molecule has 4 aliphatic carbocycles. The Balaban J connectivity index is 1.08. The van der Waals surface area contributed by atoms with Crippen molar-refractivity contribution >= 4 is 26.4 Å². The predicted molar refractivity (Wildman–Crippen MR) is 179 cm³/mol. The Labute approximate surface area is 266 Å². The minimum absolute atomic E-state index is 0.172. The molecule has 0 bridgehead atoms. The summed E-state index contributed by atoms with van der Waals surface area (Å²) in [6, 6.07) is 12.8. The number of sulfone groups is 1. The lowest BCUT2D eigenvalue weighted by molar-refractivity contribution is -0.198. The van der Waals surface area contributed by atoms with Crippen LogP contribution < -0.4 is 0 Å². The van der Waals surface area contributed by atoms with Gasteiger partial charge in [0.25, 0.3) is 0 Å². The summed E-state index contributed by atoms with van der Waals surface area (Å²) in [5.74, 6) is 4.03. The van der Waals surface area contributed by atoms with Gasteiger partial charge in [0.1, 0.15) is 11.5 Å². The van der Waals surface area contributed by atoms with Crippen LogP contribution in [-0.4, -0.2) is 31.2 Å². The lowest BCUT2D eigenvalue weighted by Crippen LogP contribution is -2.61. The quantitative estimate of drug-likeness (QED) is 0.304. The van der Waals surface area contributed by atoms with E-state index in [0.29, 0.717) is 53.3 Å². The molecule has 0 spiro atoms. The first-order valence-electron chi connectivity index (χ1n) is 17.8. The molecule has 0 aliphatic heterocycles. The largest absolute Gasteiger partial charge is 0.393 e. The Bertz CT molecular complexity index is 1470. The maximum absolute atomic E-state index is 13.1. The molecule has 0 amide bonds. The van der Waals surface area contributed by atoms with E-state index in [0.717, 1.165) is 36.0 Å². The number of Topliss-reactive ketones (excluding diaryl/α,β-unsaturated/α-hetero) is 1. The average molecular weight is 621 g/mol. The van der Waals surface area contributed by atoms with Crippen molar-refractivity contribution in [3.8, 4) is 0 Å². The summed E-state index contributed by atoms with van der Waals surface area (Å²) in [7, 11) is -3.66. The standard InChI is InChI=1S/C39H56O4S/c1-6-31-35-22-25(2)18-20-39(35,5)34-19-21-38(4)32(16-17-33(38)36(34)37(31)41)26(3)10-9-13-29(40)24-44(42,43)30-15-14-27-11-7-8-12-28(27)23-30/h7-8,11-12,14-15,23,25-26,31-37,41H,6,9-10,13,16-22,24H2,1-5H3/t25-,26-,31-,32?,33+,34+,35?,36+,37-,38?,39?/m1/s1. The first-order chi connectivity index (χ1) is 20.9. The topological polar surface area (TPSA) is 71.4 Å². The fraction of sp³-hybridized carbons (Fsp3) is 0.718. The summed E-state index contributed by atoms with van der Waals surface area (Å²) < 4.78 is 26.1. The molecule has 2 aromatic rings. The number of carbonyl (C=O) groups is 1. The smallest absolute Gasteiger partial charge is 0.185 e. The first kappa shape index (κ1) is 32.2. The average Bonchev–Trinajstić information content (AvgIpc) is 3.35. The van der Waals surface area contributed by atoms with Crippen LogP contribution in [0.15, 0.2) is 47.4 Å².